The second-order valence-electron chi connectivity index (χ2n) is 18.4. The van der Waals surface area contributed by atoms with Crippen molar-refractivity contribution in [3.05, 3.63) is 289 Å². The van der Waals surface area contributed by atoms with Crippen molar-refractivity contribution in [1.29, 1.82) is 0 Å². The minimum absolute atomic E-state index is 0.618. The van der Waals surface area contributed by atoms with Crippen LogP contribution in [0.25, 0.3) is 33.9 Å². The molecule has 328 valence electrons. The van der Waals surface area contributed by atoms with E-state index in [1.807, 2.05) is 12.1 Å². The number of para-hydroxylation sites is 5. The van der Waals surface area contributed by atoms with Crippen LogP contribution in [0, 0.1) is 0 Å². The number of nitrogens with zero attached hydrogens (tertiary/aromatic N) is 4. The molecule has 10 aromatic carbocycles. The zero-order valence-corrected chi connectivity index (χ0v) is 40.3. The van der Waals surface area contributed by atoms with Gasteiger partial charge in [-0.05, 0) is 6.07 Å². The van der Waals surface area contributed by atoms with Gasteiger partial charge >= 0.3 is 324 Å². The Bertz CT molecular complexity index is 3590. The first-order valence-electron chi connectivity index (χ1n) is 24.1. The molecule has 0 unspecified atom stereocenters. The van der Waals surface area contributed by atoms with Crippen molar-refractivity contribution in [2.75, 3.05) is 9.80 Å². The first-order chi connectivity index (χ1) is 34.7. The maximum atomic E-state index is 5.17. The standard InChI is InChI=1S/C65H44GeN4/c1-4-22-45(23-5-1)58-44-59(46-24-6-2-7-25-46)68-64(67-58)47-40-42-49(43-41-47)69-60-36-18-12-30-52(60)65(53-31-13-19-37-61(53)69)50-28-10-14-32-54(50)66(55-33-15-11-29-51(55)65)56-34-16-20-38-62(56)70(48-26-8-3-9-27-48)63-39-21-17-35-57(63)66/h1-44H. The van der Waals surface area contributed by atoms with Gasteiger partial charge in [0, 0.05) is 11.1 Å². The fourth-order valence-electron chi connectivity index (χ4n) is 12.2. The van der Waals surface area contributed by atoms with Crippen LogP contribution in [0.3, 0.4) is 0 Å². The average molecular weight is 954 g/mol. The fourth-order valence-corrected chi connectivity index (χ4v) is 24.0. The molecule has 11 aromatic rings. The Balaban J connectivity index is 0.973. The Morgan fingerprint density at radius 1 is 0.286 bits per heavy atom. The maximum absolute atomic E-state index is 5.17. The molecule has 0 saturated carbocycles. The van der Waals surface area contributed by atoms with Gasteiger partial charge in [0.25, 0.3) is 0 Å². The van der Waals surface area contributed by atoms with Crippen molar-refractivity contribution in [3.63, 3.8) is 0 Å². The van der Waals surface area contributed by atoms with Gasteiger partial charge in [0.2, 0.25) is 0 Å². The van der Waals surface area contributed by atoms with Gasteiger partial charge in [0.05, 0.1) is 11.4 Å². The number of hydrogen-bond donors (Lipinski definition) is 0. The number of aromatic nitrogens is 2. The molecule has 70 heavy (non-hydrogen) atoms. The normalized spacial score (nSPS) is 14.2. The summed E-state index contributed by atoms with van der Waals surface area (Å²) in [5.41, 5.74) is 16.6. The minimum atomic E-state index is -3.85. The molecular formula is C65H44GeN4. The smallest absolute Gasteiger partial charge is 0.0616 e. The number of benzene rings is 10. The number of anilines is 6. The Labute approximate surface area is 410 Å². The monoisotopic (exact) mass is 954 g/mol. The third kappa shape index (κ3) is 5.77. The summed E-state index contributed by atoms with van der Waals surface area (Å²) >= 11 is -3.85. The van der Waals surface area contributed by atoms with Crippen LogP contribution in [0.2, 0.25) is 0 Å². The van der Waals surface area contributed by atoms with Crippen LogP contribution in [-0.2, 0) is 5.41 Å². The summed E-state index contributed by atoms with van der Waals surface area (Å²) in [7, 11) is 0. The van der Waals surface area contributed by atoms with E-state index in [4.69, 9.17) is 9.97 Å². The molecular weight excluding hydrogens is 909 g/mol. The van der Waals surface area contributed by atoms with Crippen LogP contribution in [-0.4, -0.2) is 23.2 Å². The van der Waals surface area contributed by atoms with Gasteiger partial charge in [0.1, 0.15) is 0 Å². The quantitative estimate of drug-likeness (QED) is 0.161. The molecule has 3 aliphatic heterocycles. The molecule has 5 heteroatoms. The summed E-state index contributed by atoms with van der Waals surface area (Å²) in [5.74, 6) is 0.692. The van der Waals surface area contributed by atoms with Crippen molar-refractivity contribution in [2.24, 2.45) is 0 Å². The third-order valence-electron chi connectivity index (χ3n) is 14.9. The van der Waals surface area contributed by atoms with Crippen molar-refractivity contribution in [1.82, 2.24) is 9.97 Å². The SMILES string of the molecule is c1ccc(-c2cc(-c3ccccc3)nc(-c3ccc(N4c5ccccc5C5(c6ccccc64)c4cccc[c]4[Ge]4([c]6ccccc6N(c6ccccc6)c6cccc[c]64)[c]4ccccc45)cc3)n2)cc1. The van der Waals surface area contributed by atoms with Crippen LogP contribution >= 0.6 is 0 Å². The van der Waals surface area contributed by atoms with Crippen molar-refractivity contribution < 1.29 is 0 Å². The van der Waals surface area contributed by atoms with Crippen molar-refractivity contribution in [2.45, 2.75) is 5.41 Å². The Kier molecular flexibility index (Phi) is 9.26. The van der Waals surface area contributed by atoms with Crippen molar-refractivity contribution >= 4 is 65.0 Å². The molecule has 0 saturated heterocycles. The van der Waals surface area contributed by atoms with Gasteiger partial charge in [-0.3, -0.25) is 0 Å². The Morgan fingerprint density at radius 3 is 1.13 bits per heavy atom. The molecule has 14 rings (SSSR count). The van der Waals surface area contributed by atoms with Crippen LogP contribution in [0.15, 0.2) is 267 Å². The van der Waals surface area contributed by atoms with Crippen LogP contribution in [0.5, 0.6) is 0 Å². The molecule has 0 atom stereocenters. The van der Waals surface area contributed by atoms with E-state index in [9.17, 15) is 0 Å². The number of rotatable bonds is 5. The van der Waals surface area contributed by atoms with Gasteiger partial charge in [-0.15, -0.1) is 0 Å². The second-order valence-corrected chi connectivity index (χ2v) is 26.1. The molecule has 0 radical (unpaired) electrons. The molecule has 0 bridgehead atoms. The average Bonchev–Trinajstić information content (AvgIpc) is 3.45. The van der Waals surface area contributed by atoms with Crippen LogP contribution in [0.1, 0.15) is 22.3 Å². The molecule has 0 aliphatic carbocycles. The van der Waals surface area contributed by atoms with Gasteiger partial charge in [-0.1, -0.05) is 60.7 Å². The van der Waals surface area contributed by atoms with E-state index in [1.54, 1.807) is 0 Å². The zero-order valence-electron chi connectivity index (χ0n) is 38.2. The van der Waals surface area contributed by atoms with E-state index in [0.29, 0.717) is 5.82 Å². The summed E-state index contributed by atoms with van der Waals surface area (Å²) < 4.78 is 5.86. The molecule has 1 aromatic heterocycles. The predicted molar refractivity (Wildman–Crippen MR) is 290 cm³/mol. The van der Waals surface area contributed by atoms with Crippen LogP contribution < -0.4 is 27.4 Å². The molecule has 2 spiro atoms. The topological polar surface area (TPSA) is 32.3 Å². The van der Waals surface area contributed by atoms with E-state index >= 15 is 0 Å². The molecule has 0 N–H and O–H groups in total. The second kappa shape index (κ2) is 16.0. The van der Waals surface area contributed by atoms with Gasteiger partial charge in [-0.2, -0.15) is 0 Å². The first-order valence-corrected chi connectivity index (χ1v) is 28.3. The summed E-state index contributed by atoms with van der Waals surface area (Å²) in [6, 6.07) is 98.5. The number of hydrogen-bond acceptors (Lipinski definition) is 4. The van der Waals surface area contributed by atoms with E-state index < -0.39 is 18.7 Å². The summed E-state index contributed by atoms with van der Waals surface area (Å²) in [5, 5.41) is 0. The molecule has 0 fully saturated rings. The number of fused-ring (bicyclic) bond motifs is 14. The summed E-state index contributed by atoms with van der Waals surface area (Å²) in [6.07, 6.45) is 0. The molecule has 4 nitrogen and oxygen atoms in total. The van der Waals surface area contributed by atoms with Crippen molar-refractivity contribution in [3.8, 4) is 33.9 Å². The molecule has 4 heterocycles. The third-order valence-corrected chi connectivity index (χ3v) is 25.3. The van der Waals surface area contributed by atoms with E-state index in [-0.39, 0.29) is 0 Å². The predicted octanol–water partition coefficient (Wildman–Crippen LogP) is 13.1. The van der Waals surface area contributed by atoms with E-state index in [2.05, 4.69) is 265 Å². The molecule has 3 aliphatic rings. The van der Waals surface area contributed by atoms with Gasteiger partial charge in [-0.25, -0.2) is 0 Å². The first kappa shape index (κ1) is 40.5. The zero-order chi connectivity index (χ0) is 46.2. The fraction of sp³-hybridized carbons (Fsp3) is 0.0154. The Morgan fingerprint density at radius 2 is 0.643 bits per heavy atom. The summed E-state index contributed by atoms with van der Waals surface area (Å²) in [6.45, 7) is 0. The van der Waals surface area contributed by atoms with Gasteiger partial charge in [0.15, 0.2) is 0 Å². The van der Waals surface area contributed by atoms with E-state index in [1.165, 1.54) is 56.9 Å². The summed E-state index contributed by atoms with van der Waals surface area (Å²) in [4.78, 5) is 15.3. The molecule has 0 amide bonds. The van der Waals surface area contributed by atoms with Gasteiger partial charge < -0.3 is 0 Å². The van der Waals surface area contributed by atoms with E-state index in [0.717, 1.165) is 45.1 Å². The van der Waals surface area contributed by atoms with Crippen LogP contribution in [0.4, 0.5) is 34.1 Å². The minimum Gasteiger partial charge on any atom is -0.0616 e. The Hall–Kier alpha value is -8.58.